The monoisotopic (exact) mass is 238 g/mol. The highest BCUT2D eigenvalue weighted by atomic mass is 32.1. The van der Waals surface area contributed by atoms with Crippen LogP contribution in [-0.4, -0.2) is 30.1 Å². The fourth-order valence-corrected chi connectivity index (χ4v) is 3.31. The van der Waals surface area contributed by atoms with Gasteiger partial charge in [0.15, 0.2) is 0 Å². The Hall–Kier alpha value is -0.380. The molecular formula is C13H22N2S. The largest absolute Gasteiger partial charge is 0.310 e. The number of thiophene rings is 1. The Morgan fingerprint density at radius 3 is 2.94 bits per heavy atom. The van der Waals surface area contributed by atoms with E-state index in [9.17, 15) is 0 Å². The standard InChI is InChI=1S/C13H22N2S/c1-10(2)14-12-6-7-15(8-12)9-13-5-4-11(3)16-13/h4-5,10,12,14H,6-9H2,1-3H3. The van der Waals surface area contributed by atoms with Crippen LogP contribution in [0, 0.1) is 6.92 Å². The normalized spacial score (nSPS) is 22.1. The average molecular weight is 238 g/mol. The van der Waals surface area contributed by atoms with E-state index in [0.29, 0.717) is 12.1 Å². The summed E-state index contributed by atoms with van der Waals surface area (Å²) in [6, 6.07) is 5.79. The highest BCUT2D eigenvalue weighted by Crippen LogP contribution is 2.20. The zero-order valence-electron chi connectivity index (χ0n) is 10.5. The summed E-state index contributed by atoms with van der Waals surface area (Å²) in [6.45, 7) is 10.2. The topological polar surface area (TPSA) is 15.3 Å². The molecule has 1 unspecified atom stereocenters. The molecule has 0 saturated carbocycles. The number of aryl methyl sites for hydroxylation is 1. The van der Waals surface area contributed by atoms with Crippen molar-refractivity contribution in [2.75, 3.05) is 13.1 Å². The van der Waals surface area contributed by atoms with E-state index in [2.05, 4.69) is 43.1 Å². The molecule has 1 aliphatic rings. The quantitative estimate of drug-likeness (QED) is 0.867. The lowest BCUT2D eigenvalue weighted by Gasteiger charge is -2.17. The van der Waals surface area contributed by atoms with Crippen molar-refractivity contribution in [3.63, 3.8) is 0 Å². The molecule has 1 aliphatic heterocycles. The van der Waals surface area contributed by atoms with Crippen LogP contribution >= 0.6 is 11.3 Å². The molecule has 1 aromatic heterocycles. The molecule has 2 heterocycles. The molecule has 0 radical (unpaired) electrons. The molecule has 0 amide bonds. The number of hydrogen-bond acceptors (Lipinski definition) is 3. The number of nitrogens with one attached hydrogen (secondary N) is 1. The van der Waals surface area contributed by atoms with Gasteiger partial charge in [-0.2, -0.15) is 0 Å². The Morgan fingerprint density at radius 1 is 1.50 bits per heavy atom. The van der Waals surface area contributed by atoms with Crippen molar-refractivity contribution in [1.29, 1.82) is 0 Å². The lowest BCUT2D eigenvalue weighted by atomic mass is 10.2. The van der Waals surface area contributed by atoms with Gasteiger partial charge in [0.25, 0.3) is 0 Å². The van der Waals surface area contributed by atoms with Crippen LogP contribution in [0.1, 0.15) is 30.0 Å². The first-order valence-corrected chi connectivity index (χ1v) is 6.99. The molecule has 2 nitrogen and oxygen atoms in total. The second kappa shape index (κ2) is 5.30. The first kappa shape index (κ1) is 12.1. The Balaban J connectivity index is 1.80. The minimum Gasteiger partial charge on any atom is -0.310 e. The fourth-order valence-electron chi connectivity index (χ4n) is 2.37. The fraction of sp³-hybridized carbons (Fsp3) is 0.692. The van der Waals surface area contributed by atoms with E-state index in [-0.39, 0.29) is 0 Å². The molecule has 2 rings (SSSR count). The molecule has 0 bridgehead atoms. The molecule has 16 heavy (non-hydrogen) atoms. The predicted molar refractivity (Wildman–Crippen MR) is 71.0 cm³/mol. The number of nitrogens with zero attached hydrogens (tertiary/aromatic N) is 1. The van der Waals surface area contributed by atoms with Gasteiger partial charge in [-0.25, -0.2) is 0 Å². The Kier molecular flexibility index (Phi) is 4.00. The van der Waals surface area contributed by atoms with Crippen LogP contribution in [0.15, 0.2) is 12.1 Å². The lowest BCUT2D eigenvalue weighted by molar-refractivity contribution is 0.319. The molecular weight excluding hydrogens is 216 g/mol. The van der Waals surface area contributed by atoms with Gasteiger partial charge >= 0.3 is 0 Å². The van der Waals surface area contributed by atoms with Gasteiger partial charge in [-0.3, -0.25) is 4.90 Å². The second-order valence-electron chi connectivity index (χ2n) is 5.05. The van der Waals surface area contributed by atoms with Crippen molar-refractivity contribution in [3.05, 3.63) is 21.9 Å². The van der Waals surface area contributed by atoms with Gasteiger partial charge in [0.05, 0.1) is 0 Å². The molecule has 0 aromatic carbocycles. The summed E-state index contributed by atoms with van der Waals surface area (Å²) in [5, 5.41) is 3.62. The Morgan fingerprint density at radius 2 is 2.31 bits per heavy atom. The number of likely N-dealkylation sites (tertiary alicyclic amines) is 1. The maximum Gasteiger partial charge on any atom is 0.0328 e. The average Bonchev–Trinajstić information content (AvgIpc) is 2.76. The summed E-state index contributed by atoms with van der Waals surface area (Å²) in [5.41, 5.74) is 0. The number of hydrogen-bond donors (Lipinski definition) is 1. The zero-order chi connectivity index (χ0) is 11.5. The highest BCUT2D eigenvalue weighted by molar-refractivity contribution is 7.11. The van der Waals surface area contributed by atoms with Gasteiger partial charge in [0, 0.05) is 41.5 Å². The van der Waals surface area contributed by atoms with Crippen LogP contribution in [0.4, 0.5) is 0 Å². The van der Waals surface area contributed by atoms with E-state index < -0.39 is 0 Å². The van der Waals surface area contributed by atoms with Gasteiger partial charge in [-0.1, -0.05) is 13.8 Å². The van der Waals surface area contributed by atoms with Crippen molar-refractivity contribution in [2.24, 2.45) is 0 Å². The molecule has 1 N–H and O–H groups in total. The van der Waals surface area contributed by atoms with Gasteiger partial charge < -0.3 is 5.32 Å². The van der Waals surface area contributed by atoms with Crippen LogP contribution in [0.5, 0.6) is 0 Å². The lowest BCUT2D eigenvalue weighted by Crippen LogP contribution is -2.36. The first-order chi connectivity index (χ1) is 7.63. The minimum absolute atomic E-state index is 0.605. The molecule has 1 fully saturated rings. The van der Waals surface area contributed by atoms with Crippen molar-refractivity contribution in [3.8, 4) is 0 Å². The SMILES string of the molecule is Cc1ccc(CN2CCC(NC(C)C)C2)s1. The predicted octanol–water partition coefficient (Wildman–Crippen LogP) is 2.63. The van der Waals surface area contributed by atoms with E-state index in [1.807, 2.05) is 11.3 Å². The van der Waals surface area contributed by atoms with Crippen LogP contribution in [-0.2, 0) is 6.54 Å². The summed E-state index contributed by atoms with van der Waals surface area (Å²) in [4.78, 5) is 5.49. The highest BCUT2D eigenvalue weighted by Gasteiger charge is 2.22. The molecule has 0 spiro atoms. The summed E-state index contributed by atoms with van der Waals surface area (Å²) in [6.07, 6.45) is 1.29. The smallest absolute Gasteiger partial charge is 0.0328 e. The van der Waals surface area contributed by atoms with Gasteiger partial charge in [-0.05, 0) is 25.5 Å². The summed E-state index contributed by atoms with van der Waals surface area (Å²) in [5.74, 6) is 0. The number of rotatable bonds is 4. The van der Waals surface area contributed by atoms with E-state index in [4.69, 9.17) is 0 Å². The summed E-state index contributed by atoms with van der Waals surface area (Å²) >= 11 is 1.93. The molecule has 0 aliphatic carbocycles. The van der Waals surface area contributed by atoms with E-state index in [0.717, 1.165) is 6.54 Å². The van der Waals surface area contributed by atoms with Crippen molar-refractivity contribution in [1.82, 2.24) is 10.2 Å². The third-order valence-electron chi connectivity index (χ3n) is 3.02. The first-order valence-electron chi connectivity index (χ1n) is 6.17. The van der Waals surface area contributed by atoms with Crippen LogP contribution in [0.3, 0.4) is 0 Å². The third-order valence-corrected chi connectivity index (χ3v) is 4.00. The van der Waals surface area contributed by atoms with E-state index in [1.54, 1.807) is 0 Å². The Labute approximate surface area is 103 Å². The second-order valence-corrected chi connectivity index (χ2v) is 6.43. The van der Waals surface area contributed by atoms with Crippen LogP contribution in [0.2, 0.25) is 0 Å². The minimum atomic E-state index is 0.605. The van der Waals surface area contributed by atoms with Crippen molar-refractivity contribution >= 4 is 11.3 Å². The van der Waals surface area contributed by atoms with E-state index >= 15 is 0 Å². The van der Waals surface area contributed by atoms with Crippen molar-refractivity contribution < 1.29 is 0 Å². The molecule has 1 saturated heterocycles. The van der Waals surface area contributed by atoms with Gasteiger partial charge in [-0.15, -0.1) is 11.3 Å². The molecule has 1 aromatic rings. The maximum absolute atomic E-state index is 3.62. The van der Waals surface area contributed by atoms with Gasteiger partial charge in [0.2, 0.25) is 0 Å². The molecule has 1 atom stereocenters. The van der Waals surface area contributed by atoms with Crippen molar-refractivity contribution in [2.45, 2.75) is 45.8 Å². The van der Waals surface area contributed by atoms with E-state index in [1.165, 1.54) is 29.3 Å². The Bertz CT molecular complexity index is 332. The van der Waals surface area contributed by atoms with Crippen LogP contribution in [0.25, 0.3) is 0 Å². The van der Waals surface area contributed by atoms with Gasteiger partial charge in [0.1, 0.15) is 0 Å². The third kappa shape index (κ3) is 3.30. The maximum atomic E-state index is 3.62. The summed E-state index contributed by atoms with van der Waals surface area (Å²) < 4.78 is 0. The molecule has 90 valence electrons. The van der Waals surface area contributed by atoms with Crippen LogP contribution < -0.4 is 5.32 Å². The zero-order valence-corrected chi connectivity index (χ0v) is 11.3. The molecule has 3 heteroatoms. The summed E-state index contributed by atoms with van der Waals surface area (Å²) in [7, 11) is 0.